The summed E-state index contributed by atoms with van der Waals surface area (Å²) >= 11 is 0. The molecule has 1 aromatic rings. The molecule has 0 atom stereocenters. The minimum atomic E-state index is -1.75. The summed E-state index contributed by atoms with van der Waals surface area (Å²) in [5.74, 6) is -7.33. The number of carbonyl (C=O) groups is 1. The molecule has 4 nitrogen and oxygen atoms in total. The van der Waals surface area contributed by atoms with E-state index in [1.165, 1.54) is 20.9 Å². The van der Waals surface area contributed by atoms with Gasteiger partial charge < -0.3 is 15.1 Å². The van der Waals surface area contributed by atoms with Crippen molar-refractivity contribution in [2.75, 3.05) is 13.6 Å². The van der Waals surface area contributed by atoms with E-state index in [-0.39, 0.29) is 6.54 Å². The van der Waals surface area contributed by atoms with Gasteiger partial charge in [0.2, 0.25) is 5.82 Å². The molecule has 0 heterocycles. The first-order chi connectivity index (χ1) is 8.54. The fourth-order valence-corrected chi connectivity index (χ4v) is 1.60. The van der Waals surface area contributed by atoms with Crippen molar-refractivity contribution >= 4 is 5.91 Å². The summed E-state index contributed by atoms with van der Waals surface area (Å²) in [6.07, 6.45) is 0. The molecule has 106 valence electrons. The first kappa shape index (κ1) is 15.3. The van der Waals surface area contributed by atoms with Gasteiger partial charge in [0.25, 0.3) is 5.91 Å². The molecule has 0 radical (unpaired) electrons. The Balaban J connectivity index is 3.14. The molecule has 0 aliphatic carbocycles. The molecular weight excluding hydrogens is 263 g/mol. The fraction of sp³-hybridized carbons (Fsp3) is 0.417. The number of carbonyl (C=O) groups excluding carboxylic acids is 1. The number of halogens is 3. The lowest BCUT2D eigenvalue weighted by Crippen LogP contribution is -2.40. The highest BCUT2D eigenvalue weighted by molar-refractivity contribution is 5.94. The number of amides is 1. The van der Waals surface area contributed by atoms with Crippen molar-refractivity contribution in [2.24, 2.45) is 0 Å². The predicted molar refractivity (Wildman–Crippen MR) is 61.2 cm³/mol. The van der Waals surface area contributed by atoms with Crippen LogP contribution in [0, 0.1) is 17.5 Å². The molecule has 2 N–H and O–H groups in total. The molecule has 0 saturated carbocycles. The zero-order valence-electron chi connectivity index (χ0n) is 10.7. The van der Waals surface area contributed by atoms with E-state index in [2.05, 4.69) is 0 Å². The van der Waals surface area contributed by atoms with Crippen LogP contribution in [0.3, 0.4) is 0 Å². The van der Waals surface area contributed by atoms with Crippen molar-refractivity contribution in [3.63, 3.8) is 0 Å². The Kier molecular flexibility index (Phi) is 4.09. The highest BCUT2D eigenvalue weighted by Gasteiger charge is 2.26. The Morgan fingerprint density at radius 1 is 1.32 bits per heavy atom. The number of phenols is 1. The van der Waals surface area contributed by atoms with Gasteiger partial charge >= 0.3 is 0 Å². The largest absolute Gasteiger partial charge is 0.503 e. The highest BCUT2D eigenvalue weighted by atomic mass is 19.2. The minimum Gasteiger partial charge on any atom is -0.503 e. The summed E-state index contributed by atoms with van der Waals surface area (Å²) in [5, 5.41) is 18.6. The molecule has 0 bridgehead atoms. The molecule has 0 saturated heterocycles. The molecule has 0 aliphatic heterocycles. The number of aliphatic hydroxyl groups is 1. The quantitative estimate of drug-likeness (QED) is 0.826. The number of hydrogen-bond acceptors (Lipinski definition) is 3. The Morgan fingerprint density at radius 3 is 2.32 bits per heavy atom. The van der Waals surface area contributed by atoms with Crippen molar-refractivity contribution in [1.29, 1.82) is 0 Å². The zero-order chi connectivity index (χ0) is 15.0. The van der Waals surface area contributed by atoms with E-state index in [1.54, 1.807) is 0 Å². The molecule has 1 amide bonds. The van der Waals surface area contributed by atoms with E-state index in [0.717, 1.165) is 4.90 Å². The maximum Gasteiger partial charge on any atom is 0.256 e. The van der Waals surface area contributed by atoms with Gasteiger partial charge in [0.05, 0.1) is 11.2 Å². The summed E-state index contributed by atoms with van der Waals surface area (Å²) in [6, 6.07) is 0.369. The van der Waals surface area contributed by atoms with Crippen LogP contribution in [0.1, 0.15) is 24.2 Å². The average molecular weight is 277 g/mol. The monoisotopic (exact) mass is 277 g/mol. The fourth-order valence-electron chi connectivity index (χ4n) is 1.60. The summed E-state index contributed by atoms with van der Waals surface area (Å²) < 4.78 is 39.5. The van der Waals surface area contributed by atoms with E-state index in [4.69, 9.17) is 5.11 Å². The molecule has 0 fully saturated rings. The molecule has 0 unspecified atom stereocenters. The van der Waals surface area contributed by atoms with Gasteiger partial charge in [-0.3, -0.25) is 4.79 Å². The van der Waals surface area contributed by atoms with Crippen LogP contribution in [-0.4, -0.2) is 40.2 Å². The smallest absolute Gasteiger partial charge is 0.256 e. The van der Waals surface area contributed by atoms with Gasteiger partial charge in [-0.15, -0.1) is 0 Å². The van der Waals surface area contributed by atoms with E-state index < -0.39 is 40.3 Å². The lowest BCUT2D eigenvalue weighted by Gasteiger charge is -2.25. The lowest BCUT2D eigenvalue weighted by atomic mass is 10.1. The van der Waals surface area contributed by atoms with Crippen LogP contribution in [0.4, 0.5) is 13.2 Å². The molecule has 1 aromatic carbocycles. The van der Waals surface area contributed by atoms with Crippen molar-refractivity contribution < 1.29 is 28.2 Å². The first-order valence-electron chi connectivity index (χ1n) is 5.39. The minimum absolute atomic E-state index is 0.148. The number of nitrogens with zero attached hydrogens (tertiary/aromatic N) is 1. The van der Waals surface area contributed by atoms with Crippen molar-refractivity contribution in [3.05, 3.63) is 29.1 Å². The SMILES string of the molecule is CN(CC(C)(C)O)C(=O)c1cc(F)c(F)c(O)c1F. The molecule has 0 aromatic heterocycles. The van der Waals surface area contributed by atoms with E-state index >= 15 is 0 Å². The van der Waals surface area contributed by atoms with Gasteiger partial charge in [-0.1, -0.05) is 0 Å². The van der Waals surface area contributed by atoms with Gasteiger partial charge in [-0.05, 0) is 19.9 Å². The maximum absolute atomic E-state index is 13.5. The van der Waals surface area contributed by atoms with Crippen LogP contribution >= 0.6 is 0 Å². The van der Waals surface area contributed by atoms with Gasteiger partial charge in [-0.2, -0.15) is 4.39 Å². The molecule has 0 spiro atoms. The van der Waals surface area contributed by atoms with Gasteiger partial charge in [-0.25, -0.2) is 8.78 Å². The molecule has 19 heavy (non-hydrogen) atoms. The highest BCUT2D eigenvalue weighted by Crippen LogP contribution is 2.26. The number of benzene rings is 1. The summed E-state index contributed by atoms with van der Waals surface area (Å²) in [5.41, 5.74) is -2.04. The maximum atomic E-state index is 13.5. The number of aromatic hydroxyl groups is 1. The van der Waals surface area contributed by atoms with Crippen molar-refractivity contribution in [1.82, 2.24) is 4.90 Å². The first-order valence-corrected chi connectivity index (χ1v) is 5.39. The van der Waals surface area contributed by atoms with Crippen LogP contribution in [-0.2, 0) is 0 Å². The zero-order valence-corrected chi connectivity index (χ0v) is 10.7. The molecule has 1 rings (SSSR count). The Hall–Kier alpha value is -1.76. The van der Waals surface area contributed by atoms with Gasteiger partial charge in [0.15, 0.2) is 17.4 Å². The second kappa shape index (κ2) is 5.08. The second-order valence-corrected chi connectivity index (χ2v) is 4.86. The number of hydrogen-bond donors (Lipinski definition) is 2. The lowest BCUT2D eigenvalue weighted by molar-refractivity contribution is 0.0364. The molecule has 0 aliphatic rings. The van der Waals surface area contributed by atoms with Gasteiger partial charge in [0.1, 0.15) is 0 Å². The van der Waals surface area contributed by atoms with E-state index in [1.807, 2.05) is 0 Å². The number of phenolic OH excluding ortho intramolecular Hbond substituents is 1. The number of rotatable bonds is 3. The van der Waals surface area contributed by atoms with Gasteiger partial charge in [0, 0.05) is 13.6 Å². The van der Waals surface area contributed by atoms with Crippen molar-refractivity contribution in [3.8, 4) is 5.75 Å². The summed E-state index contributed by atoms with van der Waals surface area (Å²) in [6.45, 7) is 2.71. The topological polar surface area (TPSA) is 60.8 Å². The third kappa shape index (κ3) is 3.37. The van der Waals surface area contributed by atoms with Crippen molar-refractivity contribution in [2.45, 2.75) is 19.4 Å². The van der Waals surface area contributed by atoms with Crippen LogP contribution in [0.5, 0.6) is 5.75 Å². The predicted octanol–water partition coefficient (Wildman–Crippen LogP) is 1.65. The standard InChI is InChI=1S/C12H14F3NO3/c1-12(2,19)5-16(3)11(18)6-4-7(13)9(15)10(17)8(6)14/h4,17,19H,5H2,1-3H3. The van der Waals surface area contributed by atoms with E-state index in [9.17, 15) is 23.1 Å². The third-order valence-electron chi connectivity index (χ3n) is 2.33. The van der Waals surface area contributed by atoms with Crippen LogP contribution in [0.15, 0.2) is 6.07 Å². The average Bonchev–Trinajstić information content (AvgIpc) is 2.28. The van der Waals surface area contributed by atoms with Crippen LogP contribution < -0.4 is 0 Å². The van der Waals surface area contributed by atoms with Crippen LogP contribution in [0.2, 0.25) is 0 Å². The van der Waals surface area contributed by atoms with E-state index in [0.29, 0.717) is 6.07 Å². The van der Waals surface area contributed by atoms with Crippen LogP contribution in [0.25, 0.3) is 0 Å². The number of likely N-dealkylation sites (N-methyl/N-ethyl adjacent to an activating group) is 1. The third-order valence-corrected chi connectivity index (χ3v) is 2.33. The molecule has 7 heteroatoms. The molecular formula is C12H14F3NO3. The summed E-state index contributed by atoms with van der Waals surface area (Å²) in [7, 11) is 1.26. The summed E-state index contributed by atoms with van der Waals surface area (Å²) in [4.78, 5) is 12.8. The normalized spacial score (nSPS) is 11.5. The second-order valence-electron chi connectivity index (χ2n) is 4.86. The Bertz CT molecular complexity index is 512. The Labute approximate surface area is 108 Å². The Morgan fingerprint density at radius 2 is 1.84 bits per heavy atom.